The lowest BCUT2D eigenvalue weighted by molar-refractivity contribution is -0.154. The molecule has 108 valence electrons. The van der Waals surface area contributed by atoms with Crippen molar-refractivity contribution in [1.82, 2.24) is 14.7 Å². The number of halogens is 4. The van der Waals surface area contributed by atoms with Crippen molar-refractivity contribution < 1.29 is 23.1 Å². The Morgan fingerprint density at radius 1 is 1.53 bits per heavy atom. The van der Waals surface area contributed by atoms with Gasteiger partial charge in [-0.2, -0.15) is 18.3 Å². The van der Waals surface area contributed by atoms with Gasteiger partial charge in [0.15, 0.2) is 0 Å². The number of rotatable bonds is 5. The first kappa shape index (κ1) is 15.8. The van der Waals surface area contributed by atoms with E-state index in [2.05, 4.69) is 5.10 Å². The van der Waals surface area contributed by atoms with Crippen LogP contribution in [0.4, 0.5) is 13.2 Å². The van der Waals surface area contributed by atoms with E-state index >= 15 is 0 Å². The van der Waals surface area contributed by atoms with Crippen LogP contribution in [0.3, 0.4) is 0 Å². The second-order valence-electron chi connectivity index (χ2n) is 4.13. The summed E-state index contributed by atoms with van der Waals surface area (Å²) >= 11 is 5.91. The van der Waals surface area contributed by atoms with E-state index in [9.17, 15) is 18.0 Å². The monoisotopic (exact) mass is 299 g/mol. The molecule has 1 N–H and O–H groups in total. The smallest absolute Gasteiger partial charge is 0.401 e. The third kappa shape index (κ3) is 4.71. The van der Waals surface area contributed by atoms with Crippen LogP contribution in [-0.2, 0) is 18.4 Å². The molecule has 0 saturated carbocycles. The van der Waals surface area contributed by atoms with Crippen molar-refractivity contribution in [1.29, 1.82) is 0 Å². The molecular formula is C10H13ClF3N3O2. The third-order valence-electron chi connectivity index (χ3n) is 2.41. The first-order valence-electron chi connectivity index (χ1n) is 5.29. The highest BCUT2D eigenvalue weighted by molar-refractivity contribution is 6.30. The maximum atomic E-state index is 12.4. The Balaban J connectivity index is 2.90. The maximum Gasteiger partial charge on any atom is 0.401 e. The molecule has 0 saturated heterocycles. The number of hydrogen-bond acceptors (Lipinski definition) is 3. The molecule has 0 amide bonds. The van der Waals surface area contributed by atoms with E-state index in [-0.39, 0.29) is 11.7 Å². The van der Waals surface area contributed by atoms with Gasteiger partial charge in [0.2, 0.25) is 0 Å². The van der Waals surface area contributed by atoms with Crippen LogP contribution in [0.1, 0.15) is 11.3 Å². The van der Waals surface area contributed by atoms with Crippen LogP contribution in [0.2, 0.25) is 5.15 Å². The highest BCUT2D eigenvalue weighted by Crippen LogP contribution is 2.23. The molecule has 0 aliphatic heterocycles. The number of hydrogen-bond donors (Lipinski definition) is 1. The second-order valence-corrected chi connectivity index (χ2v) is 4.49. The first-order chi connectivity index (χ1) is 8.60. The summed E-state index contributed by atoms with van der Waals surface area (Å²) in [5, 5.41) is 12.8. The summed E-state index contributed by atoms with van der Waals surface area (Å²) in [6.07, 6.45) is -4.47. The van der Waals surface area contributed by atoms with Crippen molar-refractivity contribution in [3.8, 4) is 0 Å². The van der Waals surface area contributed by atoms with E-state index in [4.69, 9.17) is 16.7 Å². The number of carboxylic acids is 1. The number of aromatic nitrogens is 2. The molecule has 1 aromatic rings. The molecule has 0 spiro atoms. The van der Waals surface area contributed by atoms with Gasteiger partial charge >= 0.3 is 12.1 Å². The summed E-state index contributed by atoms with van der Waals surface area (Å²) < 4.78 is 38.5. The van der Waals surface area contributed by atoms with Crippen LogP contribution in [0.15, 0.2) is 0 Å². The van der Waals surface area contributed by atoms with Crippen molar-refractivity contribution in [2.45, 2.75) is 19.6 Å². The molecule has 0 aliphatic carbocycles. The van der Waals surface area contributed by atoms with Gasteiger partial charge in [0.05, 0.1) is 18.8 Å². The van der Waals surface area contributed by atoms with Crippen molar-refractivity contribution in [3.05, 3.63) is 16.4 Å². The van der Waals surface area contributed by atoms with Crippen molar-refractivity contribution >= 4 is 17.6 Å². The number of aliphatic carboxylic acids is 1. The third-order valence-corrected chi connectivity index (χ3v) is 2.89. The molecule has 1 heterocycles. The molecule has 19 heavy (non-hydrogen) atoms. The summed E-state index contributed by atoms with van der Waals surface area (Å²) in [7, 11) is 1.56. The summed E-state index contributed by atoms with van der Waals surface area (Å²) in [5.74, 6) is -1.33. The lowest BCUT2D eigenvalue weighted by Crippen LogP contribution is -2.37. The predicted molar refractivity (Wildman–Crippen MR) is 61.9 cm³/mol. The average molecular weight is 300 g/mol. The fourth-order valence-electron chi connectivity index (χ4n) is 1.69. The van der Waals surface area contributed by atoms with Gasteiger partial charge in [-0.05, 0) is 6.92 Å². The topological polar surface area (TPSA) is 58.4 Å². The van der Waals surface area contributed by atoms with Gasteiger partial charge in [0.25, 0.3) is 0 Å². The molecule has 0 aliphatic rings. The summed E-state index contributed by atoms with van der Waals surface area (Å²) in [6.45, 7) is -0.647. The molecule has 0 radical (unpaired) electrons. The van der Waals surface area contributed by atoms with E-state index in [1.54, 1.807) is 14.0 Å². The number of carboxylic acid groups (broad SMARTS) is 1. The molecule has 0 atom stereocenters. The standard InChI is InChI=1S/C10H13ClF3N3O2/c1-6-7(9(11)16(2)15-6)3-17(4-8(18)19)5-10(12,13)14/h3-5H2,1-2H3,(H,18,19). The second kappa shape index (κ2) is 5.79. The van der Waals surface area contributed by atoms with Gasteiger partial charge < -0.3 is 5.11 Å². The minimum absolute atomic E-state index is 0.204. The maximum absolute atomic E-state index is 12.4. The summed E-state index contributed by atoms with van der Waals surface area (Å²) in [5.41, 5.74) is 0.875. The van der Waals surface area contributed by atoms with Crippen LogP contribution in [0.25, 0.3) is 0 Å². The molecule has 0 aromatic carbocycles. The van der Waals surface area contributed by atoms with E-state index < -0.39 is 25.2 Å². The number of aryl methyl sites for hydroxylation is 2. The Bertz CT molecular complexity index is 473. The van der Waals surface area contributed by atoms with Gasteiger partial charge in [-0.25, -0.2) is 0 Å². The van der Waals surface area contributed by atoms with Gasteiger partial charge in [-0.1, -0.05) is 11.6 Å². The Labute approximate surface area is 112 Å². The Hall–Kier alpha value is -1.28. The normalized spacial score (nSPS) is 12.2. The van der Waals surface area contributed by atoms with Crippen molar-refractivity contribution in [3.63, 3.8) is 0 Å². The van der Waals surface area contributed by atoms with Crippen LogP contribution < -0.4 is 0 Å². The van der Waals surface area contributed by atoms with Gasteiger partial charge in [0, 0.05) is 19.2 Å². The molecular weight excluding hydrogens is 287 g/mol. The first-order valence-corrected chi connectivity index (χ1v) is 5.67. The fourth-order valence-corrected chi connectivity index (χ4v) is 1.92. The van der Waals surface area contributed by atoms with E-state index in [0.29, 0.717) is 11.3 Å². The fraction of sp³-hybridized carbons (Fsp3) is 0.600. The lowest BCUT2D eigenvalue weighted by atomic mass is 10.2. The molecule has 0 bridgehead atoms. The van der Waals surface area contributed by atoms with Crippen LogP contribution >= 0.6 is 11.6 Å². The van der Waals surface area contributed by atoms with Crippen molar-refractivity contribution in [2.75, 3.05) is 13.1 Å². The highest BCUT2D eigenvalue weighted by Gasteiger charge is 2.32. The average Bonchev–Trinajstić information content (AvgIpc) is 2.41. The molecule has 0 unspecified atom stereocenters. The largest absolute Gasteiger partial charge is 0.480 e. The highest BCUT2D eigenvalue weighted by atomic mass is 35.5. The summed E-state index contributed by atoms with van der Waals surface area (Å²) in [6, 6.07) is 0. The van der Waals surface area contributed by atoms with E-state index in [1.807, 2.05) is 0 Å². The zero-order valence-corrected chi connectivity index (χ0v) is 11.1. The van der Waals surface area contributed by atoms with Crippen molar-refractivity contribution in [2.24, 2.45) is 7.05 Å². The van der Waals surface area contributed by atoms with Gasteiger partial charge in [0.1, 0.15) is 5.15 Å². The Morgan fingerprint density at radius 2 is 2.11 bits per heavy atom. The number of carbonyl (C=O) groups is 1. The minimum Gasteiger partial charge on any atom is -0.480 e. The molecule has 5 nitrogen and oxygen atoms in total. The lowest BCUT2D eigenvalue weighted by Gasteiger charge is -2.21. The zero-order chi connectivity index (χ0) is 14.8. The van der Waals surface area contributed by atoms with Crippen LogP contribution in [0.5, 0.6) is 0 Å². The SMILES string of the molecule is Cc1nn(C)c(Cl)c1CN(CC(=O)O)CC(F)(F)F. The Kier molecular flexibility index (Phi) is 4.81. The molecule has 9 heteroatoms. The van der Waals surface area contributed by atoms with Gasteiger partial charge in [-0.15, -0.1) is 0 Å². The van der Waals surface area contributed by atoms with Gasteiger partial charge in [-0.3, -0.25) is 14.4 Å². The van der Waals surface area contributed by atoms with E-state index in [1.165, 1.54) is 4.68 Å². The zero-order valence-electron chi connectivity index (χ0n) is 10.3. The molecule has 1 rings (SSSR count). The Morgan fingerprint density at radius 3 is 2.47 bits per heavy atom. The van der Waals surface area contributed by atoms with E-state index in [0.717, 1.165) is 4.90 Å². The minimum atomic E-state index is -4.47. The molecule has 0 fully saturated rings. The molecule has 1 aromatic heterocycles. The van der Waals surface area contributed by atoms with Crippen LogP contribution in [-0.4, -0.2) is 45.0 Å². The van der Waals surface area contributed by atoms with Crippen LogP contribution in [0, 0.1) is 6.92 Å². The predicted octanol–water partition coefficient (Wildman–Crippen LogP) is 1.83. The quantitative estimate of drug-likeness (QED) is 0.901. The number of alkyl halides is 3. The summed E-state index contributed by atoms with van der Waals surface area (Å²) in [4.78, 5) is 11.4. The number of nitrogens with zero attached hydrogens (tertiary/aromatic N) is 3.